The molecule has 0 saturated heterocycles. The van der Waals surface area contributed by atoms with Crippen molar-refractivity contribution in [3.8, 4) is 0 Å². The van der Waals surface area contributed by atoms with E-state index in [0.29, 0.717) is 12.3 Å². The van der Waals surface area contributed by atoms with Crippen LogP contribution < -0.4 is 4.90 Å². The molecule has 4 heteroatoms. The predicted octanol–water partition coefficient (Wildman–Crippen LogP) is 6.97. The van der Waals surface area contributed by atoms with Crippen LogP contribution >= 0.6 is 0 Å². The Morgan fingerprint density at radius 1 is 0.912 bits per heavy atom. The molecule has 1 aliphatic heterocycles. The SMILES string of the molecule is CC(C)CC(=O)N1CCCCCCCCN(Cc2cnc3ccccc3c2)Cc2ccccc21. The Morgan fingerprint density at radius 3 is 2.44 bits per heavy atom. The maximum absolute atomic E-state index is 13.3. The van der Waals surface area contributed by atoms with Gasteiger partial charge in [0.1, 0.15) is 0 Å². The van der Waals surface area contributed by atoms with Gasteiger partial charge in [-0.1, -0.05) is 75.9 Å². The molecule has 34 heavy (non-hydrogen) atoms. The van der Waals surface area contributed by atoms with Gasteiger partial charge in [0.25, 0.3) is 0 Å². The van der Waals surface area contributed by atoms with Gasteiger partial charge < -0.3 is 4.90 Å². The monoisotopic (exact) mass is 457 g/mol. The number of nitrogens with zero attached hydrogens (tertiary/aromatic N) is 3. The van der Waals surface area contributed by atoms with Gasteiger partial charge in [0, 0.05) is 43.3 Å². The van der Waals surface area contributed by atoms with Crippen molar-refractivity contribution >= 4 is 22.5 Å². The summed E-state index contributed by atoms with van der Waals surface area (Å²) in [5.41, 5.74) is 4.62. The van der Waals surface area contributed by atoms with Crippen LogP contribution in [0, 0.1) is 5.92 Å². The molecule has 2 aromatic carbocycles. The van der Waals surface area contributed by atoms with E-state index in [0.717, 1.165) is 43.8 Å². The second-order valence-corrected chi connectivity index (χ2v) is 10.1. The van der Waals surface area contributed by atoms with Crippen LogP contribution in [0.4, 0.5) is 5.69 Å². The fraction of sp³-hybridized carbons (Fsp3) is 0.467. The number of hydrogen-bond acceptors (Lipinski definition) is 3. The highest BCUT2D eigenvalue weighted by atomic mass is 16.2. The lowest BCUT2D eigenvalue weighted by Crippen LogP contribution is -2.34. The molecule has 0 bridgehead atoms. The highest BCUT2D eigenvalue weighted by molar-refractivity contribution is 5.94. The quantitative estimate of drug-likeness (QED) is 0.424. The summed E-state index contributed by atoms with van der Waals surface area (Å²) in [6.07, 6.45) is 9.89. The summed E-state index contributed by atoms with van der Waals surface area (Å²) in [6, 6.07) is 19.1. The third kappa shape index (κ3) is 6.66. The number of aromatic nitrogens is 1. The Balaban J connectivity index is 1.61. The van der Waals surface area contributed by atoms with Crippen LogP contribution in [0.3, 0.4) is 0 Å². The number of hydrogen-bond donors (Lipinski definition) is 0. The Labute approximate surface area is 205 Å². The molecule has 0 spiro atoms. The highest BCUT2D eigenvalue weighted by Gasteiger charge is 2.21. The maximum Gasteiger partial charge on any atom is 0.227 e. The number of rotatable bonds is 4. The number of amides is 1. The normalized spacial score (nSPS) is 16.5. The van der Waals surface area contributed by atoms with Crippen LogP contribution in [-0.2, 0) is 17.9 Å². The first-order chi connectivity index (χ1) is 16.6. The van der Waals surface area contributed by atoms with E-state index in [1.54, 1.807) is 0 Å². The predicted molar refractivity (Wildman–Crippen MR) is 142 cm³/mol. The van der Waals surface area contributed by atoms with Gasteiger partial charge in [0.05, 0.1) is 5.52 Å². The fourth-order valence-electron chi connectivity index (χ4n) is 4.98. The number of anilines is 1. The third-order valence-electron chi connectivity index (χ3n) is 6.72. The molecule has 0 fully saturated rings. The minimum absolute atomic E-state index is 0.252. The lowest BCUT2D eigenvalue weighted by atomic mass is 10.1. The van der Waals surface area contributed by atoms with Crippen molar-refractivity contribution in [2.45, 2.75) is 71.9 Å². The zero-order valence-electron chi connectivity index (χ0n) is 20.9. The van der Waals surface area contributed by atoms with Gasteiger partial charge in [-0.05, 0) is 54.6 Å². The number of benzene rings is 2. The summed E-state index contributed by atoms with van der Waals surface area (Å²) in [4.78, 5) is 22.6. The molecule has 4 rings (SSSR count). The lowest BCUT2D eigenvalue weighted by Gasteiger charge is -2.29. The molecule has 3 aromatic rings. The van der Waals surface area contributed by atoms with Crippen LogP contribution in [0.5, 0.6) is 0 Å². The van der Waals surface area contributed by atoms with Crippen molar-refractivity contribution < 1.29 is 4.79 Å². The molecule has 180 valence electrons. The molecule has 4 nitrogen and oxygen atoms in total. The number of pyridine rings is 1. The highest BCUT2D eigenvalue weighted by Crippen LogP contribution is 2.26. The smallest absolute Gasteiger partial charge is 0.227 e. The van der Waals surface area contributed by atoms with Crippen molar-refractivity contribution in [2.24, 2.45) is 5.92 Å². The van der Waals surface area contributed by atoms with E-state index in [1.807, 2.05) is 12.3 Å². The number of carbonyl (C=O) groups is 1. The zero-order valence-corrected chi connectivity index (χ0v) is 20.9. The molecule has 2 heterocycles. The van der Waals surface area contributed by atoms with Gasteiger partial charge in [-0.3, -0.25) is 14.7 Å². The van der Waals surface area contributed by atoms with E-state index in [9.17, 15) is 4.79 Å². The Kier molecular flexibility index (Phi) is 8.70. The Hall–Kier alpha value is -2.72. The van der Waals surface area contributed by atoms with Crippen LogP contribution in [-0.4, -0.2) is 28.9 Å². The molecule has 1 aliphatic rings. The minimum atomic E-state index is 0.252. The molecule has 0 atom stereocenters. The standard InChI is InChI=1S/C30H39N3O/c1-24(2)19-30(34)33-18-12-6-4-3-5-11-17-32(23-27-14-8-10-16-29(27)33)22-25-20-26-13-7-9-15-28(26)31-21-25/h7-10,13-16,20-21,24H,3-6,11-12,17-19,22-23H2,1-2H3. The van der Waals surface area contributed by atoms with Gasteiger partial charge in [-0.15, -0.1) is 0 Å². The first-order valence-electron chi connectivity index (χ1n) is 13.0. The molecule has 0 aliphatic carbocycles. The van der Waals surface area contributed by atoms with E-state index in [-0.39, 0.29) is 5.91 Å². The Morgan fingerprint density at radius 2 is 1.62 bits per heavy atom. The van der Waals surface area contributed by atoms with Gasteiger partial charge in [0.15, 0.2) is 0 Å². The molecular formula is C30H39N3O. The average molecular weight is 458 g/mol. The third-order valence-corrected chi connectivity index (χ3v) is 6.72. The van der Waals surface area contributed by atoms with Gasteiger partial charge >= 0.3 is 0 Å². The van der Waals surface area contributed by atoms with Crippen molar-refractivity contribution in [2.75, 3.05) is 18.0 Å². The number of carbonyl (C=O) groups excluding carboxylic acids is 1. The number of fused-ring (bicyclic) bond motifs is 2. The van der Waals surface area contributed by atoms with E-state index in [4.69, 9.17) is 0 Å². The van der Waals surface area contributed by atoms with Gasteiger partial charge in [-0.25, -0.2) is 0 Å². The summed E-state index contributed by atoms with van der Waals surface area (Å²) in [7, 11) is 0. The van der Waals surface area contributed by atoms with Crippen LogP contribution in [0.15, 0.2) is 60.8 Å². The first kappa shape index (κ1) is 24.4. The molecule has 0 N–H and O–H groups in total. The van der Waals surface area contributed by atoms with Crippen LogP contribution in [0.25, 0.3) is 10.9 Å². The van der Waals surface area contributed by atoms with Gasteiger partial charge in [0.2, 0.25) is 5.91 Å². The van der Waals surface area contributed by atoms with Crippen LogP contribution in [0.2, 0.25) is 0 Å². The maximum atomic E-state index is 13.3. The average Bonchev–Trinajstić information content (AvgIpc) is 2.84. The van der Waals surface area contributed by atoms with Crippen molar-refractivity contribution in [1.29, 1.82) is 0 Å². The molecule has 0 radical (unpaired) electrons. The second kappa shape index (κ2) is 12.1. The first-order valence-corrected chi connectivity index (χ1v) is 13.0. The zero-order chi connectivity index (χ0) is 23.8. The molecule has 0 unspecified atom stereocenters. The molecule has 1 amide bonds. The Bertz CT molecular complexity index is 1080. The summed E-state index contributed by atoms with van der Waals surface area (Å²) in [6.45, 7) is 7.84. The largest absolute Gasteiger partial charge is 0.312 e. The molecule has 0 saturated carbocycles. The summed E-state index contributed by atoms with van der Waals surface area (Å²) < 4.78 is 0. The van der Waals surface area contributed by atoms with Crippen molar-refractivity contribution in [3.63, 3.8) is 0 Å². The van der Waals surface area contributed by atoms with Gasteiger partial charge in [-0.2, -0.15) is 0 Å². The summed E-state index contributed by atoms with van der Waals surface area (Å²) in [5, 5.41) is 1.19. The second-order valence-electron chi connectivity index (χ2n) is 10.1. The van der Waals surface area contributed by atoms with E-state index >= 15 is 0 Å². The van der Waals surface area contributed by atoms with Crippen molar-refractivity contribution in [1.82, 2.24) is 9.88 Å². The lowest BCUT2D eigenvalue weighted by molar-refractivity contribution is -0.119. The van der Waals surface area contributed by atoms with Crippen LogP contribution in [0.1, 0.15) is 69.9 Å². The summed E-state index contributed by atoms with van der Waals surface area (Å²) >= 11 is 0. The fourth-order valence-corrected chi connectivity index (χ4v) is 4.98. The minimum Gasteiger partial charge on any atom is -0.312 e. The van der Waals surface area contributed by atoms with E-state index in [2.05, 4.69) is 77.2 Å². The molecular weight excluding hydrogens is 418 g/mol. The molecule has 1 aromatic heterocycles. The van der Waals surface area contributed by atoms with E-state index < -0.39 is 0 Å². The van der Waals surface area contributed by atoms with E-state index in [1.165, 1.54) is 48.6 Å². The van der Waals surface area contributed by atoms with Crippen molar-refractivity contribution in [3.05, 3.63) is 71.9 Å². The topological polar surface area (TPSA) is 36.4 Å². The number of para-hydroxylation sites is 2. The summed E-state index contributed by atoms with van der Waals surface area (Å²) in [5.74, 6) is 0.615.